The first-order chi connectivity index (χ1) is 11.7. The highest BCUT2D eigenvalue weighted by atomic mass is 32.1. The minimum atomic E-state index is 0.0943. The largest absolute Gasteiger partial charge is 0.494 e. The highest BCUT2D eigenvalue weighted by Crippen LogP contribution is 2.25. The predicted molar refractivity (Wildman–Crippen MR) is 93.3 cm³/mol. The zero-order valence-corrected chi connectivity index (χ0v) is 14.6. The minimum Gasteiger partial charge on any atom is -0.494 e. The lowest BCUT2D eigenvalue weighted by Crippen LogP contribution is -2.39. The predicted octanol–water partition coefficient (Wildman–Crippen LogP) is 3.17. The van der Waals surface area contributed by atoms with Crippen molar-refractivity contribution in [3.05, 3.63) is 45.9 Å². The van der Waals surface area contributed by atoms with Gasteiger partial charge in [-0.1, -0.05) is 0 Å². The van der Waals surface area contributed by atoms with Crippen molar-refractivity contribution in [2.45, 2.75) is 19.4 Å². The van der Waals surface area contributed by atoms with Gasteiger partial charge in [-0.05, 0) is 37.6 Å². The maximum Gasteiger partial charge on any atom is 0.123 e. The summed E-state index contributed by atoms with van der Waals surface area (Å²) in [7, 11) is 0. The second-order valence-electron chi connectivity index (χ2n) is 5.83. The number of nitrogens with zero attached hydrogens (tertiary/aromatic N) is 3. The van der Waals surface area contributed by atoms with Crippen LogP contribution in [0, 0.1) is 18.3 Å². The molecule has 3 rings (SSSR count). The molecule has 6 heteroatoms. The van der Waals surface area contributed by atoms with Crippen LogP contribution in [0.3, 0.4) is 0 Å². The summed E-state index contributed by atoms with van der Waals surface area (Å²) in [5.74, 6) is 0.812. The average Bonchev–Trinajstić information content (AvgIpc) is 3.06. The van der Waals surface area contributed by atoms with E-state index >= 15 is 0 Å². The van der Waals surface area contributed by atoms with E-state index in [0.29, 0.717) is 12.2 Å². The third kappa shape index (κ3) is 4.54. The molecule has 2 heterocycles. The van der Waals surface area contributed by atoms with E-state index in [9.17, 15) is 0 Å². The Morgan fingerprint density at radius 3 is 2.96 bits per heavy atom. The van der Waals surface area contributed by atoms with Crippen LogP contribution in [-0.4, -0.2) is 42.7 Å². The van der Waals surface area contributed by atoms with E-state index in [2.05, 4.69) is 21.3 Å². The fraction of sp³-hybridized carbons (Fsp3) is 0.444. The Labute approximate surface area is 146 Å². The first kappa shape index (κ1) is 16.9. The summed E-state index contributed by atoms with van der Waals surface area (Å²) in [6.07, 6.45) is 1.06. The number of hydrogen-bond acceptors (Lipinski definition) is 6. The smallest absolute Gasteiger partial charge is 0.123 e. The van der Waals surface area contributed by atoms with Crippen molar-refractivity contribution >= 4 is 11.3 Å². The van der Waals surface area contributed by atoms with Crippen molar-refractivity contribution in [3.8, 4) is 11.8 Å². The quantitative estimate of drug-likeness (QED) is 0.754. The van der Waals surface area contributed by atoms with E-state index in [1.807, 2.05) is 19.1 Å². The number of thiazole rings is 1. The lowest BCUT2D eigenvalue weighted by molar-refractivity contribution is -0.0311. The molecule has 24 heavy (non-hydrogen) atoms. The van der Waals surface area contributed by atoms with Gasteiger partial charge in [-0.25, -0.2) is 4.98 Å². The highest BCUT2D eigenvalue weighted by molar-refractivity contribution is 7.09. The number of aryl methyl sites for hydroxylation is 1. The number of aromatic nitrogens is 1. The van der Waals surface area contributed by atoms with Gasteiger partial charge < -0.3 is 9.47 Å². The summed E-state index contributed by atoms with van der Waals surface area (Å²) in [5, 5.41) is 11.9. The molecule has 0 saturated carbocycles. The Kier molecular flexibility index (Phi) is 5.81. The Bertz CT molecular complexity index is 693. The summed E-state index contributed by atoms with van der Waals surface area (Å²) in [6, 6.07) is 9.34. The van der Waals surface area contributed by atoms with Gasteiger partial charge in [0.15, 0.2) is 0 Å². The molecule has 1 unspecified atom stereocenters. The van der Waals surface area contributed by atoms with Crippen molar-refractivity contribution < 1.29 is 9.47 Å². The van der Waals surface area contributed by atoms with E-state index in [4.69, 9.17) is 14.7 Å². The Morgan fingerprint density at radius 2 is 2.25 bits per heavy atom. The van der Waals surface area contributed by atoms with Gasteiger partial charge in [0.1, 0.15) is 16.9 Å². The van der Waals surface area contributed by atoms with Crippen LogP contribution in [0.5, 0.6) is 5.75 Å². The second kappa shape index (κ2) is 8.25. The van der Waals surface area contributed by atoms with Gasteiger partial charge in [0.25, 0.3) is 0 Å². The number of benzene rings is 1. The fourth-order valence-corrected chi connectivity index (χ4v) is 3.51. The number of hydrogen-bond donors (Lipinski definition) is 0. The number of morpholine rings is 1. The normalized spacial score (nSPS) is 18.2. The molecule has 0 radical (unpaired) electrons. The number of ether oxygens (including phenoxy) is 2. The van der Waals surface area contributed by atoms with Crippen molar-refractivity contribution in [3.63, 3.8) is 0 Å². The summed E-state index contributed by atoms with van der Waals surface area (Å²) in [4.78, 5) is 6.95. The lowest BCUT2D eigenvalue weighted by atomic mass is 10.2. The molecular formula is C18H21N3O2S. The van der Waals surface area contributed by atoms with Crippen LogP contribution in [0.1, 0.15) is 28.8 Å². The molecule has 1 fully saturated rings. The monoisotopic (exact) mass is 343 g/mol. The first-order valence-electron chi connectivity index (χ1n) is 8.13. The standard InChI is InChI=1S/C18H21N3O2S/c1-14-13-24-18(20-14)17-12-21(8-10-23-17)7-2-9-22-16-5-3-15(11-19)4-6-16/h3-6,13,17H,2,7-10,12H2,1H3. The zero-order valence-electron chi connectivity index (χ0n) is 13.8. The molecule has 0 spiro atoms. The fourth-order valence-electron chi connectivity index (χ4n) is 2.68. The van der Waals surface area contributed by atoms with Crippen molar-refractivity contribution in [1.29, 1.82) is 5.26 Å². The van der Waals surface area contributed by atoms with Crippen molar-refractivity contribution in [1.82, 2.24) is 9.88 Å². The van der Waals surface area contributed by atoms with Crippen LogP contribution in [0.25, 0.3) is 0 Å². The molecule has 1 saturated heterocycles. The van der Waals surface area contributed by atoms with E-state index in [1.54, 1.807) is 23.5 Å². The van der Waals surface area contributed by atoms with Gasteiger partial charge >= 0.3 is 0 Å². The minimum absolute atomic E-state index is 0.0943. The lowest BCUT2D eigenvalue weighted by Gasteiger charge is -2.31. The third-order valence-corrected chi connectivity index (χ3v) is 4.99. The molecule has 5 nitrogen and oxygen atoms in total. The van der Waals surface area contributed by atoms with Crippen LogP contribution in [0.15, 0.2) is 29.6 Å². The number of rotatable bonds is 6. The van der Waals surface area contributed by atoms with E-state index < -0.39 is 0 Å². The first-order valence-corrected chi connectivity index (χ1v) is 9.01. The van der Waals surface area contributed by atoms with Crippen LogP contribution >= 0.6 is 11.3 Å². The molecule has 1 aliphatic rings. The van der Waals surface area contributed by atoms with E-state index in [-0.39, 0.29) is 6.10 Å². The third-order valence-electron chi connectivity index (χ3n) is 3.93. The second-order valence-corrected chi connectivity index (χ2v) is 6.72. The topological polar surface area (TPSA) is 58.4 Å². The Morgan fingerprint density at radius 1 is 1.42 bits per heavy atom. The van der Waals surface area contributed by atoms with Crippen LogP contribution in [-0.2, 0) is 4.74 Å². The highest BCUT2D eigenvalue weighted by Gasteiger charge is 2.23. The molecule has 1 atom stereocenters. The van der Waals surface area contributed by atoms with Gasteiger partial charge in [-0.3, -0.25) is 4.90 Å². The molecule has 126 valence electrons. The zero-order chi connectivity index (χ0) is 16.8. The SMILES string of the molecule is Cc1csc(C2CN(CCCOc3ccc(C#N)cc3)CCO2)n1. The van der Waals surface area contributed by atoms with E-state index in [0.717, 1.165) is 49.1 Å². The molecule has 0 bridgehead atoms. The van der Waals surface area contributed by atoms with E-state index in [1.165, 1.54) is 0 Å². The molecule has 2 aromatic rings. The van der Waals surface area contributed by atoms with Crippen LogP contribution < -0.4 is 4.74 Å². The molecular weight excluding hydrogens is 322 g/mol. The van der Waals surface area contributed by atoms with Crippen molar-refractivity contribution in [2.75, 3.05) is 32.8 Å². The molecule has 0 aliphatic carbocycles. The summed E-state index contributed by atoms with van der Waals surface area (Å²) in [5.41, 5.74) is 1.71. The molecule has 1 aromatic carbocycles. The van der Waals surface area contributed by atoms with Gasteiger partial charge in [0.2, 0.25) is 0 Å². The Hall–Kier alpha value is -1.94. The molecule has 0 N–H and O–H groups in total. The Balaban J connectivity index is 1.40. The van der Waals surface area contributed by atoms with Crippen LogP contribution in [0.2, 0.25) is 0 Å². The summed E-state index contributed by atoms with van der Waals surface area (Å²) >= 11 is 1.68. The summed E-state index contributed by atoms with van der Waals surface area (Å²) in [6.45, 7) is 6.27. The molecule has 0 amide bonds. The van der Waals surface area contributed by atoms with Crippen LogP contribution in [0.4, 0.5) is 0 Å². The maximum atomic E-state index is 8.78. The average molecular weight is 343 g/mol. The molecule has 1 aliphatic heterocycles. The van der Waals surface area contributed by atoms with Gasteiger partial charge in [-0.2, -0.15) is 5.26 Å². The van der Waals surface area contributed by atoms with Crippen molar-refractivity contribution in [2.24, 2.45) is 0 Å². The summed E-state index contributed by atoms with van der Waals surface area (Å²) < 4.78 is 11.6. The van der Waals surface area contributed by atoms with Gasteiger partial charge in [0, 0.05) is 30.7 Å². The maximum absolute atomic E-state index is 8.78. The van der Waals surface area contributed by atoms with Gasteiger partial charge in [0.05, 0.1) is 24.8 Å². The number of nitriles is 1. The van der Waals surface area contributed by atoms with Gasteiger partial charge in [-0.15, -0.1) is 11.3 Å². The molecule has 1 aromatic heterocycles.